The molecule has 0 heterocycles. The van der Waals surface area contributed by atoms with Gasteiger partial charge in [0.1, 0.15) is 5.75 Å². The predicted molar refractivity (Wildman–Crippen MR) is 78.7 cm³/mol. The Morgan fingerprint density at radius 1 is 1.14 bits per heavy atom. The maximum atomic E-state index is 12.3. The van der Waals surface area contributed by atoms with Crippen LogP contribution in [0.4, 0.5) is 5.69 Å². The van der Waals surface area contributed by atoms with Crippen LogP contribution in [-0.2, 0) is 0 Å². The van der Waals surface area contributed by atoms with E-state index in [1.54, 1.807) is 12.1 Å². The number of phenols is 1. The first kappa shape index (κ1) is 14.7. The van der Waals surface area contributed by atoms with E-state index in [4.69, 9.17) is 0 Å². The lowest BCUT2D eigenvalue weighted by Crippen LogP contribution is -2.03. The first-order valence-corrected chi connectivity index (χ1v) is 6.52. The lowest BCUT2D eigenvalue weighted by Gasteiger charge is -2.07. The van der Waals surface area contributed by atoms with Crippen LogP contribution < -0.4 is 0 Å². The number of hydrogen-bond donors (Lipinski definition) is 1. The third-order valence-electron chi connectivity index (χ3n) is 3.28. The Morgan fingerprint density at radius 3 is 2.29 bits per heavy atom. The zero-order chi connectivity index (χ0) is 15.6. The smallest absolute Gasteiger partial charge is 0.270 e. The van der Waals surface area contributed by atoms with Crippen LogP contribution >= 0.6 is 0 Å². The second-order valence-corrected chi connectivity index (χ2v) is 5.06. The van der Waals surface area contributed by atoms with Crippen molar-refractivity contribution in [2.24, 2.45) is 0 Å². The highest BCUT2D eigenvalue weighted by molar-refractivity contribution is 6.11. The molecular weight excluding hydrogens is 270 g/mol. The number of aromatic hydroxyl groups is 1. The van der Waals surface area contributed by atoms with Crippen molar-refractivity contribution >= 4 is 11.5 Å². The first-order chi connectivity index (χ1) is 9.90. The Balaban J connectivity index is 2.39. The van der Waals surface area contributed by atoms with Crippen LogP contribution in [-0.4, -0.2) is 15.8 Å². The van der Waals surface area contributed by atoms with Crippen molar-refractivity contribution in [3.63, 3.8) is 0 Å². The minimum Gasteiger partial charge on any atom is -0.507 e. The van der Waals surface area contributed by atoms with Crippen LogP contribution in [0.2, 0.25) is 0 Å². The SMILES string of the molecule is CC(C)c1ccc(C(=O)c2cc([N+](=O)[O-])ccc2O)cc1. The molecule has 0 aliphatic rings. The number of rotatable bonds is 4. The van der Waals surface area contributed by atoms with E-state index in [0.717, 1.165) is 23.8 Å². The average molecular weight is 285 g/mol. The van der Waals surface area contributed by atoms with Crippen molar-refractivity contribution in [2.75, 3.05) is 0 Å². The number of non-ortho nitro benzene ring substituents is 1. The number of nitro groups is 1. The van der Waals surface area contributed by atoms with Crippen molar-refractivity contribution in [1.29, 1.82) is 0 Å². The van der Waals surface area contributed by atoms with Crippen LogP contribution in [0.15, 0.2) is 42.5 Å². The van der Waals surface area contributed by atoms with E-state index in [1.807, 2.05) is 26.0 Å². The zero-order valence-corrected chi connectivity index (χ0v) is 11.7. The van der Waals surface area contributed by atoms with Crippen LogP contribution in [0.3, 0.4) is 0 Å². The van der Waals surface area contributed by atoms with Crippen LogP contribution in [0, 0.1) is 10.1 Å². The summed E-state index contributed by atoms with van der Waals surface area (Å²) in [5.74, 6) is -0.356. The third-order valence-corrected chi connectivity index (χ3v) is 3.28. The molecule has 5 heteroatoms. The minimum absolute atomic E-state index is 0.0681. The summed E-state index contributed by atoms with van der Waals surface area (Å²) in [6, 6.07) is 10.4. The highest BCUT2D eigenvalue weighted by Crippen LogP contribution is 2.26. The van der Waals surface area contributed by atoms with Gasteiger partial charge in [0, 0.05) is 17.7 Å². The number of carbonyl (C=O) groups is 1. The predicted octanol–water partition coefficient (Wildman–Crippen LogP) is 3.65. The summed E-state index contributed by atoms with van der Waals surface area (Å²) in [7, 11) is 0. The van der Waals surface area contributed by atoms with Gasteiger partial charge in [-0.3, -0.25) is 14.9 Å². The summed E-state index contributed by atoms with van der Waals surface area (Å²) < 4.78 is 0. The van der Waals surface area contributed by atoms with Gasteiger partial charge in [-0.1, -0.05) is 38.1 Å². The molecule has 2 aromatic carbocycles. The summed E-state index contributed by atoms with van der Waals surface area (Å²) in [6.07, 6.45) is 0. The van der Waals surface area contributed by atoms with Crippen LogP contribution in [0.1, 0.15) is 41.3 Å². The monoisotopic (exact) mass is 285 g/mol. The van der Waals surface area contributed by atoms with Gasteiger partial charge in [0.05, 0.1) is 10.5 Å². The molecule has 0 fully saturated rings. The third kappa shape index (κ3) is 3.08. The maximum absolute atomic E-state index is 12.3. The van der Waals surface area contributed by atoms with Gasteiger partial charge in [0.2, 0.25) is 0 Å². The van der Waals surface area contributed by atoms with E-state index in [-0.39, 0.29) is 17.0 Å². The molecular formula is C16H15NO4. The van der Waals surface area contributed by atoms with Crippen molar-refractivity contribution in [3.8, 4) is 5.75 Å². The van der Waals surface area contributed by atoms with Gasteiger partial charge < -0.3 is 5.11 Å². The fraction of sp³-hybridized carbons (Fsp3) is 0.188. The van der Waals surface area contributed by atoms with Crippen molar-refractivity contribution in [1.82, 2.24) is 0 Å². The molecule has 0 radical (unpaired) electrons. The number of phenolic OH excluding ortho intramolecular Hbond substituents is 1. The average Bonchev–Trinajstić information content (AvgIpc) is 2.47. The van der Waals surface area contributed by atoms with E-state index < -0.39 is 10.7 Å². The molecule has 108 valence electrons. The van der Waals surface area contributed by atoms with E-state index in [2.05, 4.69) is 0 Å². The maximum Gasteiger partial charge on any atom is 0.270 e. The van der Waals surface area contributed by atoms with Crippen molar-refractivity contribution in [3.05, 3.63) is 69.3 Å². The molecule has 0 aromatic heterocycles. The molecule has 0 bridgehead atoms. The van der Waals surface area contributed by atoms with Gasteiger partial charge in [-0.2, -0.15) is 0 Å². The first-order valence-electron chi connectivity index (χ1n) is 6.52. The summed E-state index contributed by atoms with van der Waals surface area (Å²) in [6.45, 7) is 4.09. The van der Waals surface area contributed by atoms with Crippen molar-refractivity contribution in [2.45, 2.75) is 19.8 Å². The van der Waals surface area contributed by atoms with Gasteiger partial charge in [-0.15, -0.1) is 0 Å². The number of ketones is 1. The molecule has 0 aliphatic carbocycles. The summed E-state index contributed by atoms with van der Waals surface area (Å²) in [5, 5.41) is 20.5. The molecule has 2 rings (SSSR count). The number of carbonyl (C=O) groups excluding carboxylic acids is 1. The molecule has 0 aliphatic heterocycles. The fourth-order valence-corrected chi connectivity index (χ4v) is 1.99. The zero-order valence-electron chi connectivity index (χ0n) is 11.7. The molecule has 1 N–H and O–H groups in total. The topological polar surface area (TPSA) is 80.4 Å². The molecule has 0 saturated heterocycles. The van der Waals surface area contributed by atoms with Crippen molar-refractivity contribution < 1.29 is 14.8 Å². The highest BCUT2D eigenvalue weighted by Gasteiger charge is 2.18. The largest absolute Gasteiger partial charge is 0.507 e. The molecule has 0 spiro atoms. The summed E-state index contributed by atoms with van der Waals surface area (Å²) >= 11 is 0. The van der Waals surface area contributed by atoms with Gasteiger partial charge in [-0.05, 0) is 17.5 Å². The molecule has 0 saturated carbocycles. The van der Waals surface area contributed by atoms with E-state index >= 15 is 0 Å². The summed E-state index contributed by atoms with van der Waals surface area (Å²) in [5.41, 5.74) is 1.18. The molecule has 21 heavy (non-hydrogen) atoms. The van der Waals surface area contributed by atoms with E-state index in [9.17, 15) is 20.0 Å². The van der Waals surface area contributed by atoms with Gasteiger partial charge in [0.15, 0.2) is 5.78 Å². The Bertz CT molecular complexity index is 690. The Hall–Kier alpha value is -2.69. The molecule has 0 atom stereocenters. The standard InChI is InChI=1S/C16H15NO4/c1-10(2)11-3-5-12(6-4-11)16(19)14-9-13(17(20)21)7-8-15(14)18/h3-10,18H,1-2H3. The number of benzene rings is 2. The van der Waals surface area contributed by atoms with Crippen LogP contribution in [0.25, 0.3) is 0 Å². The second-order valence-electron chi connectivity index (χ2n) is 5.06. The molecule has 0 amide bonds. The normalized spacial score (nSPS) is 10.6. The number of nitro benzene ring substituents is 1. The molecule has 0 unspecified atom stereocenters. The Labute approximate surface area is 122 Å². The van der Waals surface area contributed by atoms with Gasteiger partial charge in [-0.25, -0.2) is 0 Å². The second kappa shape index (κ2) is 5.75. The quantitative estimate of drug-likeness (QED) is 0.528. The highest BCUT2D eigenvalue weighted by atomic mass is 16.6. The number of hydrogen-bond acceptors (Lipinski definition) is 4. The fourth-order valence-electron chi connectivity index (χ4n) is 1.99. The van der Waals surface area contributed by atoms with E-state index in [0.29, 0.717) is 11.5 Å². The molecule has 2 aromatic rings. The summed E-state index contributed by atoms with van der Waals surface area (Å²) in [4.78, 5) is 22.5. The lowest BCUT2D eigenvalue weighted by molar-refractivity contribution is -0.384. The molecule has 5 nitrogen and oxygen atoms in total. The Kier molecular flexibility index (Phi) is 4.03. The minimum atomic E-state index is -0.599. The van der Waals surface area contributed by atoms with Crippen LogP contribution in [0.5, 0.6) is 5.75 Å². The lowest BCUT2D eigenvalue weighted by atomic mass is 9.97. The van der Waals surface area contributed by atoms with Gasteiger partial charge in [0.25, 0.3) is 5.69 Å². The number of nitrogens with zero attached hydrogens (tertiary/aromatic N) is 1. The Morgan fingerprint density at radius 2 is 1.76 bits per heavy atom. The van der Waals surface area contributed by atoms with Gasteiger partial charge >= 0.3 is 0 Å². The van der Waals surface area contributed by atoms with E-state index in [1.165, 1.54) is 0 Å².